The average molecular weight is 447 g/mol. The highest BCUT2D eigenvalue weighted by atomic mass is 32.2. The molecule has 168 valence electrons. The second-order valence-electron chi connectivity index (χ2n) is 7.45. The highest BCUT2D eigenvalue weighted by molar-refractivity contribution is 7.99. The van der Waals surface area contributed by atoms with Crippen molar-refractivity contribution >= 4 is 23.5 Å². The Labute approximate surface area is 187 Å². The Balaban J connectivity index is 1.46. The summed E-state index contributed by atoms with van der Waals surface area (Å²) >= 11 is 1.41. The molecule has 1 aromatic heterocycles. The van der Waals surface area contributed by atoms with Gasteiger partial charge in [-0.3, -0.25) is 4.79 Å². The maximum Gasteiger partial charge on any atom is 0.230 e. The fourth-order valence-corrected chi connectivity index (χ4v) is 4.21. The number of hydrogen-bond donors (Lipinski definition) is 1. The molecule has 2 atom stereocenters. The first kappa shape index (κ1) is 23.1. The van der Waals surface area contributed by atoms with Gasteiger partial charge in [-0.15, -0.1) is 0 Å². The van der Waals surface area contributed by atoms with Crippen LogP contribution in [0.3, 0.4) is 0 Å². The third-order valence-electron chi connectivity index (χ3n) is 4.91. The summed E-state index contributed by atoms with van der Waals surface area (Å²) in [6.45, 7) is 6.26. The number of morpholine rings is 1. The summed E-state index contributed by atoms with van der Waals surface area (Å²) < 4.78 is 16.4. The first-order valence-corrected chi connectivity index (χ1v) is 11.3. The summed E-state index contributed by atoms with van der Waals surface area (Å²) in [5, 5.41) is 3.74. The lowest BCUT2D eigenvalue weighted by atomic mass is 10.1. The Morgan fingerprint density at radius 2 is 1.90 bits per heavy atom. The minimum absolute atomic E-state index is 0.0285. The number of thioether (sulfide) groups is 1. The molecule has 2 unspecified atom stereocenters. The fourth-order valence-electron chi connectivity index (χ4n) is 3.52. The molecule has 0 saturated carbocycles. The van der Waals surface area contributed by atoms with Crippen LogP contribution >= 0.6 is 11.8 Å². The van der Waals surface area contributed by atoms with E-state index in [4.69, 9.17) is 14.2 Å². The van der Waals surface area contributed by atoms with Crippen molar-refractivity contribution in [1.29, 1.82) is 0 Å². The molecule has 2 heterocycles. The van der Waals surface area contributed by atoms with Crippen molar-refractivity contribution in [3.8, 4) is 11.5 Å². The predicted octanol–water partition coefficient (Wildman–Crippen LogP) is 2.56. The zero-order chi connectivity index (χ0) is 22.2. The van der Waals surface area contributed by atoms with E-state index < -0.39 is 0 Å². The lowest BCUT2D eigenvalue weighted by Gasteiger charge is -2.36. The molecule has 1 aromatic carbocycles. The number of anilines is 1. The zero-order valence-corrected chi connectivity index (χ0v) is 19.3. The Morgan fingerprint density at radius 1 is 1.16 bits per heavy atom. The van der Waals surface area contributed by atoms with Crippen LogP contribution < -0.4 is 19.7 Å². The van der Waals surface area contributed by atoms with Gasteiger partial charge in [0.1, 0.15) is 17.2 Å². The zero-order valence-electron chi connectivity index (χ0n) is 18.5. The largest absolute Gasteiger partial charge is 0.493 e. The molecule has 8 nitrogen and oxygen atoms in total. The van der Waals surface area contributed by atoms with Crippen molar-refractivity contribution in [2.45, 2.75) is 37.5 Å². The van der Waals surface area contributed by atoms with Crippen LogP contribution in [0.1, 0.15) is 19.4 Å². The summed E-state index contributed by atoms with van der Waals surface area (Å²) in [5.41, 5.74) is 1.07. The Bertz CT molecular complexity index is 872. The number of carbonyl (C=O) groups is 1. The van der Waals surface area contributed by atoms with Crippen LogP contribution in [-0.2, 0) is 16.0 Å². The number of carbonyl (C=O) groups excluding carboxylic acids is 1. The van der Waals surface area contributed by atoms with Crippen molar-refractivity contribution < 1.29 is 19.0 Å². The normalized spacial score (nSPS) is 18.5. The van der Waals surface area contributed by atoms with E-state index in [2.05, 4.69) is 34.0 Å². The van der Waals surface area contributed by atoms with Gasteiger partial charge in [0.05, 0.1) is 32.2 Å². The number of amides is 1. The van der Waals surface area contributed by atoms with Crippen LogP contribution in [0.5, 0.6) is 11.5 Å². The standard InChI is InChI=1S/C22H30N4O4S/c1-15-11-26(12-16(2)30-15)20-10-22(25-14-24-20)31-13-21(27)23-8-7-17-5-6-18(28-3)19(9-17)29-4/h5-6,9-10,14-16H,7-8,11-13H2,1-4H3,(H,23,27). The molecule has 0 radical (unpaired) electrons. The molecule has 0 aliphatic carbocycles. The molecule has 0 spiro atoms. The van der Waals surface area contributed by atoms with Gasteiger partial charge < -0.3 is 24.4 Å². The van der Waals surface area contributed by atoms with Crippen LogP contribution in [-0.4, -0.2) is 67.7 Å². The van der Waals surface area contributed by atoms with E-state index in [1.807, 2.05) is 24.3 Å². The minimum Gasteiger partial charge on any atom is -0.493 e. The van der Waals surface area contributed by atoms with E-state index in [0.29, 0.717) is 30.2 Å². The number of nitrogens with zero attached hydrogens (tertiary/aromatic N) is 3. The summed E-state index contributed by atoms with van der Waals surface area (Å²) in [4.78, 5) is 23.1. The molecule has 3 rings (SSSR count). The molecule has 9 heteroatoms. The molecule has 1 fully saturated rings. The second kappa shape index (κ2) is 11.2. The van der Waals surface area contributed by atoms with Crippen LogP contribution in [0.15, 0.2) is 35.6 Å². The number of hydrogen-bond acceptors (Lipinski definition) is 8. The smallest absolute Gasteiger partial charge is 0.230 e. The third kappa shape index (κ3) is 6.73. The minimum atomic E-state index is -0.0285. The van der Waals surface area contributed by atoms with Crippen LogP contribution in [0.25, 0.3) is 0 Å². The van der Waals surface area contributed by atoms with Crippen molar-refractivity contribution in [2.75, 3.05) is 44.5 Å². The van der Waals surface area contributed by atoms with Gasteiger partial charge in [-0.1, -0.05) is 17.8 Å². The lowest BCUT2D eigenvalue weighted by Crippen LogP contribution is -2.45. The van der Waals surface area contributed by atoms with Crippen LogP contribution in [0.4, 0.5) is 5.82 Å². The third-order valence-corrected chi connectivity index (χ3v) is 5.83. The first-order chi connectivity index (χ1) is 15.0. The highest BCUT2D eigenvalue weighted by Gasteiger charge is 2.23. The van der Waals surface area contributed by atoms with Crippen molar-refractivity contribution in [3.63, 3.8) is 0 Å². The Hall–Kier alpha value is -2.52. The molecule has 1 amide bonds. The Kier molecular flexibility index (Phi) is 8.36. The maximum atomic E-state index is 12.3. The van der Waals surface area contributed by atoms with Gasteiger partial charge >= 0.3 is 0 Å². The van der Waals surface area contributed by atoms with Gasteiger partial charge in [0.15, 0.2) is 11.5 Å². The quantitative estimate of drug-likeness (QED) is 0.465. The number of rotatable bonds is 9. The van der Waals surface area contributed by atoms with Gasteiger partial charge in [-0.05, 0) is 38.0 Å². The van der Waals surface area contributed by atoms with Gasteiger partial charge in [0, 0.05) is 25.7 Å². The van der Waals surface area contributed by atoms with E-state index in [9.17, 15) is 4.79 Å². The van der Waals surface area contributed by atoms with Crippen molar-refractivity contribution in [2.24, 2.45) is 0 Å². The summed E-state index contributed by atoms with van der Waals surface area (Å²) in [7, 11) is 3.22. The topological polar surface area (TPSA) is 85.8 Å². The number of aromatic nitrogens is 2. The first-order valence-electron chi connectivity index (χ1n) is 10.3. The highest BCUT2D eigenvalue weighted by Crippen LogP contribution is 2.27. The maximum absolute atomic E-state index is 12.3. The fraction of sp³-hybridized carbons (Fsp3) is 0.500. The van der Waals surface area contributed by atoms with Crippen molar-refractivity contribution in [3.05, 3.63) is 36.2 Å². The van der Waals surface area contributed by atoms with Crippen LogP contribution in [0, 0.1) is 0 Å². The number of ether oxygens (including phenoxy) is 3. The van der Waals surface area contributed by atoms with E-state index in [1.165, 1.54) is 11.8 Å². The lowest BCUT2D eigenvalue weighted by molar-refractivity contribution is -0.118. The molecular weight excluding hydrogens is 416 g/mol. The van der Waals surface area contributed by atoms with E-state index >= 15 is 0 Å². The predicted molar refractivity (Wildman–Crippen MR) is 121 cm³/mol. The summed E-state index contributed by atoms with van der Waals surface area (Å²) in [5.74, 6) is 2.52. The Morgan fingerprint density at radius 3 is 2.61 bits per heavy atom. The van der Waals surface area contributed by atoms with Gasteiger partial charge in [-0.2, -0.15) is 0 Å². The average Bonchev–Trinajstić information content (AvgIpc) is 2.77. The number of nitrogens with one attached hydrogen (secondary N) is 1. The van der Waals surface area contributed by atoms with Crippen LogP contribution in [0.2, 0.25) is 0 Å². The molecule has 1 N–H and O–H groups in total. The van der Waals surface area contributed by atoms with Gasteiger partial charge in [0.2, 0.25) is 5.91 Å². The van der Waals surface area contributed by atoms with E-state index in [-0.39, 0.29) is 18.1 Å². The molecule has 1 aliphatic heterocycles. The molecule has 0 bridgehead atoms. The van der Waals surface area contributed by atoms with E-state index in [1.54, 1.807) is 20.5 Å². The monoisotopic (exact) mass is 446 g/mol. The summed E-state index contributed by atoms with van der Waals surface area (Å²) in [6, 6.07) is 7.70. The van der Waals surface area contributed by atoms with Gasteiger partial charge in [-0.25, -0.2) is 9.97 Å². The van der Waals surface area contributed by atoms with Crippen molar-refractivity contribution in [1.82, 2.24) is 15.3 Å². The molecule has 31 heavy (non-hydrogen) atoms. The number of methoxy groups -OCH3 is 2. The second-order valence-corrected chi connectivity index (χ2v) is 8.45. The molecule has 1 aliphatic rings. The number of benzene rings is 1. The molecule has 1 saturated heterocycles. The van der Waals surface area contributed by atoms with Gasteiger partial charge in [0.25, 0.3) is 0 Å². The van der Waals surface area contributed by atoms with E-state index in [0.717, 1.165) is 29.5 Å². The molecule has 2 aromatic rings. The molecular formula is C22H30N4O4S. The summed E-state index contributed by atoms with van der Waals surface area (Å²) in [6.07, 6.45) is 2.58. The SMILES string of the molecule is COc1ccc(CCNC(=O)CSc2cc(N3CC(C)OC(C)C3)ncn2)cc1OC.